The van der Waals surface area contributed by atoms with Gasteiger partial charge in [-0.3, -0.25) is 0 Å². The van der Waals surface area contributed by atoms with E-state index in [1.54, 1.807) is 0 Å². The van der Waals surface area contributed by atoms with E-state index in [9.17, 15) is 0 Å². The highest BCUT2D eigenvalue weighted by atomic mass is 79.9. The van der Waals surface area contributed by atoms with E-state index in [4.69, 9.17) is 4.52 Å². The lowest BCUT2D eigenvalue weighted by atomic mass is 10.1. The predicted octanol–water partition coefficient (Wildman–Crippen LogP) is 4.52. The molecule has 0 radical (unpaired) electrons. The van der Waals surface area contributed by atoms with E-state index < -0.39 is 0 Å². The van der Waals surface area contributed by atoms with Gasteiger partial charge in [0.1, 0.15) is 0 Å². The van der Waals surface area contributed by atoms with E-state index in [2.05, 4.69) is 31.4 Å². The molecule has 1 heterocycles. The van der Waals surface area contributed by atoms with Gasteiger partial charge in [-0.05, 0) is 30.7 Å². The second-order valence-corrected chi connectivity index (χ2v) is 5.54. The van der Waals surface area contributed by atoms with Crippen molar-refractivity contribution in [1.29, 1.82) is 0 Å². The highest BCUT2D eigenvalue weighted by Crippen LogP contribution is 2.29. The third-order valence-electron chi connectivity index (χ3n) is 3.28. The summed E-state index contributed by atoms with van der Waals surface area (Å²) in [7, 11) is 1.87. The van der Waals surface area contributed by atoms with Crippen LogP contribution in [0.4, 0.5) is 5.69 Å². The van der Waals surface area contributed by atoms with Crippen molar-refractivity contribution in [1.82, 2.24) is 10.1 Å². The standard InChI is InChI=1S/C16H14BrN3O/c1-10-7-8-11(9-13(10)17)15-19-16(21-20-15)12-5-3-4-6-14(12)18-2/h3-9,18H,1-2H3. The Morgan fingerprint density at radius 1 is 1.14 bits per heavy atom. The van der Waals surface area contributed by atoms with Crippen LogP contribution in [0, 0.1) is 6.92 Å². The predicted molar refractivity (Wildman–Crippen MR) is 87.2 cm³/mol. The van der Waals surface area contributed by atoms with E-state index in [0.29, 0.717) is 11.7 Å². The summed E-state index contributed by atoms with van der Waals surface area (Å²) in [6, 6.07) is 13.8. The zero-order valence-electron chi connectivity index (χ0n) is 11.7. The lowest BCUT2D eigenvalue weighted by molar-refractivity contribution is 0.432. The first kappa shape index (κ1) is 13.8. The highest BCUT2D eigenvalue weighted by molar-refractivity contribution is 9.10. The lowest BCUT2D eigenvalue weighted by Crippen LogP contribution is -1.91. The van der Waals surface area contributed by atoms with Gasteiger partial charge >= 0.3 is 0 Å². The second kappa shape index (κ2) is 5.69. The molecular weight excluding hydrogens is 330 g/mol. The topological polar surface area (TPSA) is 51.0 Å². The Hall–Kier alpha value is -2.14. The summed E-state index contributed by atoms with van der Waals surface area (Å²) in [5.74, 6) is 1.09. The summed E-state index contributed by atoms with van der Waals surface area (Å²) in [5, 5.41) is 7.20. The van der Waals surface area contributed by atoms with Crippen molar-refractivity contribution in [2.75, 3.05) is 12.4 Å². The fourth-order valence-electron chi connectivity index (χ4n) is 2.07. The van der Waals surface area contributed by atoms with Gasteiger partial charge in [-0.1, -0.05) is 45.4 Å². The molecule has 0 spiro atoms. The molecule has 1 aromatic heterocycles. The SMILES string of the molecule is CNc1ccccc1-c1nc(-c2ccc(C)c(Br)c2)no1. The number of aryl methyl sites for hydroxylation is 1. The van der Waals surface area contributed by atoms with Gasteiger partial charge in [0.15, 0.2) is 0 Å². The Bertz CT molecular complexity index is 783. The first-order valence-electron chi connectivity index (χ1n) is 6.56. The van der Waals surface area contributed by atoms with E-state index >= 15 is 0 Å². The minimum Gasteiger partial charge on any atom is -0.387 e. The van der Waals surface area contributed by atoms with E-state index in [1.165, 1.54) is 5.56 Å². The number of hydrogen-bond donors (Lipinski definition) is 1. The summed E-state index contributed by atoms with van der Waals surface area (Å²) in [6.07, 6.45) is 0. The van der Waals surface area contributed by atoms with Crippen LogP contribution in [0.15, 0.2) is 51.5 Å². The molecular formula is C16H14BrN3O. The van der Waals surface area contributed by atoms with Crippen molar-refractivity contribution in [3.8, 4) is 22.8 Å². The van der Waals surface area contributed by atoms with Gasteiger partial charge in [0.25, 0.3) is 5.89 Å². The Kier molecular flexibility index (Phi) is 3.75. The van der Waals surface area contributed by atoms with Gasteiger partial charge in [-0.2, -0.15) is 4.98 Å². The Morgan fingerprint density at radius 3 is 2.71 bits per heavy atom. The maximum absolute atomic E-state index is 5.40. The van der Waals surface area contributed by atoms with Gasteiger partial charge in [0.05, 0.1) is 5.56 Å². The van der Waals surface area contributed by atoms with Crippen LogP contribution in [0.1, 0.15) is 5.56 Å². The first-order chi connectivity index (χ1) is 10.2. The molecule has 3 rings (SSSR count). The Morgan fingerprint density at radius 2 is 1.95 bits per heavy atom. The number of nitrogens with zero attached hydrogens (tertiary/aromatic N) is 2. The molecule has 0 aliphatic rings. The smallest absolute Gasteiger partial charge is 0.260 e. The summed E-state index contributed by atoms with van der Waals surface area (Å²) in [6.45, 7) is 2.04. The van der Waals surface area contributed by atoms with Crippen molar-refractivity contribution >= 4 is 21.6 Å². The van der Waals surface area contributed by atoms with Gasteiger partial charge in [-0.25, -0.2) is 0 Å². The van der Waals surface area contributed by atoms with Gasteiger partial charge in [0, 0.05) is 22.8 Å². The van der Waals surface area contributed by atoms with Gasteiger partial charge in [-0.15, -0.1) is 0 Å². The number of anilines is 1. The van der Waals surface area contributed by atoms with Gasteiger partial charge < -0.3 is 9.84 Å². The maximum Gasteiger partial charge on any atom is 0.260 e. The number of hydrogen-bond acceptors (Lipinski definition) is 4. The van der Waals surface area contributed by atoms with Gasteiger partial charge in [0.2, 0.25) is 5.82 Å². The molecule has 4 nitrogen and oxygen atoms in total. The number of rotatable bonds is 3. The summed E-state index contributed by atoms with van der Waals surface area (Å²) in [5.41, 5.74) is 3.94. The van der Waals surface area contributed by atoms with Crippen LogP contribution < -0.4 is 5.32 Å². The molecule has 2 aromatic carbocycles. The van der Waals surface area contributed by atoms with Crippen molar-refractivity contribution in [3.63, 3.8) is 0 Å². The van der Waals surface area contributed by atoms with Crippen LogP contribution in [0.2, 0.25) is 0 Å². The fraction of sp³-hybridized carbons (Fsp3) is 0.125. The lowest BCUT2D eigenvalue weighted by Gasteiger charge is -2.03. The second-order valence-electron chi connectivity index (χ2n) is 4.68. The van der Waals surface area contributed by atoms with Crippen LogP contribution in [0.3, 0.4) is 0 Å². The minimum atomic E-state index is 0.506. The van der Waals surface area contributed by atoms with E-state index in [0.717, 1.165) is 21.3 Å². The third kappa shape index (κ3) is 2.69. The van der Waals surface area contributed by atoms with E-state index in [-0.39, 0.29) is 0 Å². The quantitative estimate of drug-likeness (QED) is 0.759. The van der Waals surface area contributed by atoms with E-state index in [1.807, 2.05) is 56.4 Å². The minimum absolute atomic E-state index is 0.506. The average molecular weight is 344 g/mol. The van der Waals surface area contributed by atoms with Crippen molar-refractivity contribution in [3.05, 3.63) is 52.5 Å². The highest BCUT2D eigenvalue weighted by Gasteiger charge is 2.13. The largest absolute Gasteiger partial charge is 0.387 e. The molecule has 0 saturated carbocycles. The molecule has 0 amide bonds. The Labute approximate surface area is 131 Å². The summed E-state index contributed by atoms with van der Waals surface area (Å²) >= 11 is 3.52. The molecule has 1 N–H and O–H groups in total. The van der Waals surface area contributed by atoms with Crippen molar-refractivity contribution in [2.24, 2.45) is 0 Å². The van der Waals surface area contributed by atoms with Crippen molar-refractivity contribution in [2.45, 2.75) is 6.92 Å². The number of halogens is 1. The molecule has 106 valence electrons. The fourth-order valence-corrected chi connectivity index (χ4v) is 2.45. The molecule has 0 bridgehead atoms. The number of para-hydroxylation sites is 1. The molecule has 21 heavy (non-hydrogen) atoms. The van der Waals surface area contributed by atoms with Crippen LogP contribution in [-0.4, -0.2) is 17.2 Å². The summed E-state index contributed by atoms with van der Waals surface area (Å²) < 4.78 is 6.43. The number of aromatic nitrogens is 2. The maximum atomic E-state index is 5.40. The van der Waals surface area contributed by atoms with Crippen LogP contribution in [0.25, 0.3) is 22.8 Å². The van der Waals surface area contributed by atoms with Crippen LogP contribution in [0.5, 0.6) is 0 Å². The zero-order chi connectivity index (χ0) is 14.8. The molecule has 0 atom stereocenters. The molecule has 5 heteroatoms. The molecule has 0 saturated heterocycles. The molecule has 0 unspecified atom stereocenters. The molecule has 0 aliphatic heterocycles. The third-order valence-corrected chi connectivity index (χ3v) is 4.14. The number of nitrogens with one attached hydrogen (secondary N) is 1. The molecule has 0 fully saturated rings. The van der Waals surface area contributed by atoms with Crippen molar-refractivity contribution < 1.29 is 4.52 Å². The summed E-state index contributed by atoms with van der Waals surface area (Å²) in [4.78, 5) is 4.49. The average Bonchev–Trinajstić information content (AvgIpc) is 2.99. The molecule has 3 aromatic rings. The zero-order valence-corrected chi connectivity index (χ0v) is 13.3. The first-order valence-corrected chi connectivity index (χ1v) is 7.35. The number of benzene rings is 2. The Balaban J connectivity index is 2.01. The normalized spacial score (nSPS) is 10.6. The molecule has 0 aliphatic carbocycles. The van der Waals surface area contributed by atoms with Crippen LogP contribution >= 0.6 is 15.9 Å². The van der Waals surface area contributed by atoms with Crippen LogP contribution in [-0.2, 0) is 0 Å². The monoisotopic (exact) mass is 343 g/mol.